The summed E-state index contributed by atoms with van der Waals surface area (Å²) in [7, 11) is 1.57. The lowest BCUT2D eigenvalue weighted by Crippen LogP contribution is -2.47. The van der Waals surface area contributed by atoms with Crippen LogP contribution < -0.4 is 19.7 Å². The molecule has 0 aromatic heterocycles. The molecule has 1 aliphatic heterocycles. The first-order chi connectivity index (χ1) is 15.1. The molecule has 2 N–H and O–H groups in total. The predicted molar refractivity (Wildman–Crippen MR) is 115 cm³/mol. The summed E-state index contributed by atoms with van der Waals surface area (Å²) >= 11 is 0. The zero-order valence-electron chi connectivity index (χ0n) is 16.9. The average Bonchev–Trinajstić information content (AvgIpc) is 2.80. The van der Waals surface area contributed by atoms with Gasteiger partial charge >= 0.3 is 0 Å². The number of rotatable bonds is 6. The molecule has 3 aromatic carbocycles. The minimum absolute atomic E-state index is 0.121. The maximum atomic E-state index is 13.4. The molecule has 0 aliphatic carbocycles. The number of phenolic OH excluding ortho intramolecular Hbond substituents is 1. The van der Waals surface area contributed by atoms with E-state index >= 15 is 0 Å². The topological polar surface area (TPSA) is 88.1 Å². The molecule has 1 atom stereocenters. The Hall–Kier alpha value is -4.00. The number of aromatic hydroxyl groups is 1. The first-order valence-electron chi connectivity index (χ1n) is 9.80. The number of carbonyl (C=O) groups excluding carboxylic acids is 2. The summed E-state index contributed by atoms with van der Waals surface area (Å²) in [4.78, 5) is 27.7. The van der Waals surface area contributed by atoms with Crippen molar-refractivity contribution in [2.24, 2.45) is 0 Å². The Bertz CT molecular complexity index is 1100. The fraction of sp³-hybridized carbons (Fsp3) is 0.167. The third kappa shape index (κ3) is 4.30. The molecule has 4 rings (SSSR count). The number of ether oxygens (including phenoxy) is 2. The zero-order valence-corrected chi connectivity index (χ0v) is 16.9. The molecule has 0 bridgehead atoms. The molecule has 0 fully saturated rings. The number of nitrogens with one attached hydrogen (secondary N) is 1. The Kier molecular flexibility index (Phi) is 5.75. The minimum Gasteiger partial charge on any atom is -0.508 e. The van der Waals surface area contributed by atoms with Crippen molar-refractivity contribution >= 4 is 17.5 Å². The van der Waals surface area contributed by atoms with Gasteiger partial charge in [-0.15, -0.1) is 0 Å². The SMILES string of the molecule is COc1ccc(C(C(=O)NCc2cccc(O)c2)N2C(=O)COc3ccccc32)cc1. The van der Waals surface area contributed by atoms with Crippen molar-refractivity contribution in [1.29, 1.82) is 0 Å². The summed E-state index contributed by atoms with van der Waals surface area (Å²) in [6, 6.07) is 19.9. The molecular formula is C24H22N2O5. The van der Waals surface area contributed by atoms with Crippen LogP contribution in [0.3, 0.4) is 0 Å². The summed E-state index contributed by atoms with van der Waals surface area (Å²) in [6.07, 6.45) is 0. The van der Waals surface area contributed by atoms with E-state index < -0.39 is 6.04 Å². The van der Waals surface area contributed by atoms with Gasteiger partial charge in [0.05, 0.1) is 12.8 Å². The fourth-order valence-electron chi connectivity index (χ4n) is 3.56. The molecule has 1 aliphatic rings. The highest BCUT2D eigenvalue weighted by molar-refractivity contribution is 6.04. The van der Waals surface area contributed by atoms with Gasteiger partial charge < -0.3 is 19.9 Å². The largest absolute Gasteiger partial charge is 0.508 e. The summed E-state index contributed by atoms with van der Waals surface area (Å²) in [5.41, 5.74) is 1.92. The third-order valence-corrected chi connectivity index (χ3v) is 5.06. The van der Waals surface area contributed by atoms with Crippen molar-refractivity contribution in [3.05, 3.63) is 83.9 Å². The number of amides is 2. The van der Waals surface area contributed by atoms with Gasteiger partial charge in [-0.2, -0.15) is 0 Å². The van der Waals surface area contributed by atoms with Crippen LogP contribution in [0.5, 0.6) is 17.2 Å². The van der Waals surface area contributed by atoms with Gasteiger partial charge in [0, 0.05) is 6.54 Å². The number of hydrogen-bond acceptors (Lipinski definition) is 5. The Morgan fingerprint density at radius 2 is 1.90 bits per heavy atom. The molecule has 158 valence electrons. The van der Waals surface area contributed by atoms with E-state index in [2.05, 4.69) is 5.32 Å². The maximum Gasteiger partial charge on any atom is 0.266 e. The second-order valence-corrected chi connectivity index (χ2v) is 7.08. The number of anilines is 1. The van der Waals surface area contributed by atoms with Crippen molar-refractivity contribution in [3.8, 4) is 17.2 Å². The smallest absolute Gasteiger partial charge is 0.266 e. The molecule has 0 saturated carbocycles. The number of methoxy groups -OCH3 is 1. The highest BCUT2D eigenvalue weighted by Crippen LogP contribution is 2.38. The number of benzene rings is 3. The molecule has 7 nitrogen and oxygen atoms in total. The van der Waals surface area contributed by atoms with Crippen molar-refractivity contribution in [2.45, 2.75) is 12.6 Å². The lowest BCUT2D eigenvalue weighted by Gasteiger charge is -2.35. The quantitative estimate of drug-likeness (QED) is 0.642. The molecule has 31 heavy (non-hydrogen) atoms. The molecular weight excluding hydrogens is 396 g/mol. The van der Waals surface area contributed by atoms with E-state index in [1.807, 2.05) is 6.07 Å². The number of fused-ring (bicyclic) bond motifs is 1. The van der Waals surface area contributed by atoms with Crippen LogP contribution in [0.15, 0.2) is 72.8 Å². The van der Waals surface area contributed by atoms with Gasteiger partial charge in [0.1, 0.15) is 23.3 Å². The number of para-hydroxylation sites is 2. The standard InChI is InChI=1S/C24H22N2O5/c1-30-19-11-9-17(10-12-19)23(24(29)25-14-16-5-4-6-18(27)13-16)26-20-7-2-3-8-21(20)31-15-22(26)28/h2-13,23,27H,14-15H2,1H3,(H,25,29). The van der Waals surface area contributed by atoms with E-state index in [0.29, 0.717) is 22.7 Å². The third-order valence-electron chi connectivity index (χ3n) is 5.06. The van der Waals surface area contributed by atoms with Crippen LogP contribution in [-0.2, 0) is 16.1 Å². The number of nitrogens with zero attached hydrogens (tertiary/aromatic N) is 1. The van der Waals surface area contributed by atoms with Gasteiger partial charge in [-0.05, 0) is 47.5 Å². The predicted octanol–water partition coefficient (Wildman–Crippen LogP) is 3.18. The second-order valence-electron chi connectivity index (χ2n) is 7.08. The van der Waals surface area contributed by atoms with Gasteiger partial charge in [-0.1, -0.05) is 36.4 Å². The normalized spacial score (nSPS) is 13.7. The monoisotopic (exact) mass is 418 g/mol. The van der Waals surface area contributed by atoms with Gasteiger partial charge in [-0.25, -0.2) is 0 Å². The van der Waals surface area contributed by atoms with Gasteiger partial charge in [0.15, 0.2) is 6.61 Å². The fourth-order valence-corrected chi connectivity index (χ4v) is 3.56. The van der Waals surface area contributed by atoms with Crippen molar-refractivity contribution in [1.82, 2.24) is 5.32 Å². The highest BCUT2D eigenvalue weighted by Gasteiger charge is 2.36. The van der Waals surface area contributed by atoms with Crippen LogP contribution in [0.25, 0.3) is 0 Å². The van der Waals surface area contributed by atoms with E-state index in [0.717, 1.165) is 5.56 Å². The van der Waals surface area contributed by atoms with Gasteiger partial charge in [-0.3, -0.25) is 14.5 Å². The second kappa shape index (κ2) is 8.79. The highest BCUT2D eigenvalue weighted by atomic mass is 16.5. The van der Waals surface area contributed by atoms with E-state index in [-0.39, 0.29) is 30.7 Å². The summed E-state index contributed by atoms with van der Waals surface area (Å²) < 4.78 is 10.8. The molecule has 0 saturated heterocycles. The minimum atomic E-state index is -0.902. The lowest BCUT2D eigenvalue weighted by atomic mass is 10.0. The first-order valence-corrected chi connectivity index (χ1v) is 9.80. The van der Waals surface area contributed by atoms with Crippen molar-refractivity contribution in [2.75, 3.05) is 18.6 Å². The number of phenols is 1. The van der Waals surface area contributed by atoms with E-state index in [9.17, 15) is 14.7 Å². The molecule has 0 spiro atoms. The van der Waals surface area contributed by atoms with Crippen LogP contribution in [-0.4, -0.2) is 30.6 Å². The van der Waals surface area contributed by atoms with Crippen molar-refractivity contribution < 1.29 is 24.2 Å². The van der Waals surface area contributed by atoms with Crippen molar-refractivity contribution in [3.63, 3.8) is 0 Å². The van der Waals surface area contributed by atoms with Gasteiger partial charge in [0.2, 0.25) is 5.91 Å². The summed E-state index contributed by atoms with van der Waals surface area (Å²) in [5, 5.41) is 12.6. The summed E-state index contributed by atoms with van der Waals surface area (Å²) in [6.45, 7) is 0.0591. The van der Waals surface area contributed by atoms with E-state index in [4.69, 9.17) is 9.47 Å². The summed E-state index contributed by atoms with van der Waals surface area (Å²) in [5.74, 6) is 0.652. The Labute approximate surface area is 179 Å². The molecule has 1 heterocycles. The molecule has 0 radical (unpaired) electrons. The Morgan fingerprint density at radius 3 is 2.65 bits per heavy atom. The average molecular weight is 418 g/mol. The molecule has 3 aromatic rings. The van der Waals surface area contributed by atoms with Crippen LogP contribution in [0.2, 0.25) is 0 Å². The van der Waals surface area contributed by atoms with Crippen LogP contribution in [0.1, 0.15) is 17.2 Å². The maximum absolute atomic E-state index is 13.4. The van der Waals surface area contributed by atoms with Crippen LogP contribution >= 0.6 is 0 Å². The van der Waals surface area contributed by atoms with E-state index in [1.165, 1.54) is 4.90 Å². The first kappa shape index (κ1) is 20.3. The zero-order chi connectivity index (χ0) is 21.8. The Morgan fingerprint density at radius 1 is 1.13 bits per heavy atom. The van der Waals surface area contributed by atoms with Crippen LogP contribution in [0.4, 0.5) is 5.69 Å². The lowest BCUT2D eigenvalue weighted by molar-refractivity contribution is -0.128. The molecule has 1 unspecified atom stereocenters. The van der Waals surface area contributed by atoms with Gasteiger partial charge in [0.25, 0.3) is 5.91 Å². The number of hydrogen-bond donors (Lipinski definition) is 2. The van der Waals surface area contributed by atoms with E-state index in [1.54, 1.807) is 73.8 Å². The molecule has 7 heteroatoms. The molecule has 2 amide bonds. The number of carbonyl (C=O) groups is 2. The van der Waals surface area contributed by atoms with Crippen LogP contribution in [0, 0.1) is 0 Å². The Balaban J connectivity index is 1.69.